The molecule has 0 bridgehead atoms. The molecule has 11 heteroatoms. The molecule has 4 rings (SSSR count). The van der Waals surface area contributed by atoms with E-state index in [-0.39, 0.29) is 11.1 Å². The molecule has 2 heterocycles. The summed E-state index contributed by atoms with van der Waals surface area (Å²) in [5.41, 5.74) is 0.483. The number of fused-ring (bicyclic) bond motifs is 2. The average Bonchev–Trinajstić information content (AvgIpc) is 2.91. The number of nitrogens with zero attached hydrogens (tertiary/aromatic N) is 3. The van der Waals surface area contributed by atoms with Crippen LogP contribution in [0.25, 0.3) is 21.8 Å². The van der Waals surface area contributed by atoms with Crippen LogP contribution >= 0.6 is 0 Å². The van der Waals surface area contributed by atoms with Gasteiger partial charge in [0.2, 0.25) is 0 Å². The molecule has 0 amide bonds. The number of benzene rings is 2. The molecule has 38 heavy (non-hydrogen) atoms. The third-order valence-electron chi connectivity index (χ3n) is 6.34. The van der Waals surface area contributed by atoms with Crippen molar-refractivity contribution in [1.82, 2.24) is 24.8 Å². The highest BCUT2D eigenvalue weighted by Gasteiger charge is 2.16. The molecule has 0 saturated heterocycles. The van der Waals surface area contributed by atoms with E-state index in [9.17, 15) is 9.59 Å². The Kier molecular flexibility index (Phi) is 8.47. The summed E-state index contributed by atoms with van der Waals surface area (Å²) in [5, 5.41) is 0.822. The van der Waals surface area contributed by atoms with Crippen molar-refractivity contribution >= 4 is 21.8 Å². The van der Waals surface area contributed by atoms with Gasteiger partial charge >= 0.3 is 0 Å². The lowest BCUT2D eigenvalue weighted by molar-refractivity contribution is 0.239. The average molecular weight is 524 g/mol. The first kappa shape index (κ1) is 26.9. The van der Waals surface area contributed by atoms with E-state index >= 15 is 0 Å². The zero-order valence-corrected chi connectivity index (χ0v) is 22.3. The third kappa shape index (κ3) is 5.72. The van der Waals surface area contributed by atoms with Crippen molar-refractivity contribution < 1.29 is 18.9 Å². The minimum atomic E-state index is -0.266. The second kappa shape index (κ2) is 12.0. The van der Waals surface area contributed by atoms with Crippen LogP contribution in [0.5, 0.6) is 23.0 Å². The van der Waals surface area contributed by atoms with Gasteiger partial charge in [-0.1, -0.05) is 19.8 Å². The first-order valence-corrected chi connectivity index (χ1v) is 12.4. The molecule has 202 valence electrons. The zero-order chi connectivity index (χ0) is 27.2. The Morgan fingerprint density at radius 2 is 1.11 bits per heavy atom. The van der Waals surface area contributed by atoms with Crippen LogP contribution in [0.15, 0.2) is 33.9 Å². The van der Waals surface area contributed by atoms with Crippen LogP contribution in [-0.2, 0) is 13.1 Å². The smallest absolute Gasteiger partial charge is 0.258 e. The van der Waals surface area contributed by atoms with E-state index in [0.29, 0.717) is 69.5 Å². The molecule has 11 nitrogen and oxygen atoms in total. The van der Waals surface area contributed by atoms with Crippen molar-refractivity contribution in [3.63, 3.8) is 0 Å². The highest BCUT2D eigenvalue weighted by molar-refractivity contribution is 5.82. The lowest BCUT2D eigenvalue weighted by Crippen LogP contribution is -2.28. The number of aromatic nitrogens is 4. The maximum atomic E-state index is 12.9. The first-order chi connectivity index (χ1) is 18.4. The molecule has 0 spiro atoms. The Bertz CT molecular complexity index is 1440. The normalized spacial score (nSPS) is 11.3. The maximum Gasteiger partial charge on any atom is 0.258 e. The second-order valence-electron chi connectivity index (χ2n) is 8.89. The first-order valence-electron chi connectivity index (χ1n) is 12.4. The second-order valence-corrected chi connectivity index (χ2v) is 8.89. The highest BCUT2D eigenvalue weighted by Crippen LogP contribution is 2.31. The Hall–Kier alpha value is -4.12. The van der Waals surface area contributed by atoms with Crippen molar-refractivity contribution in [3.8, 4) is 23.0 Å². The molecule has 0 aliphatic rings. The molecule has 0 unspecified atom stereocenters. The number of nitrogens with one attached hydrogen (secondary N) is 2. The summed E-state index contributed by atoms with van der Waals surface area (Å²) in [6.45, 7) is 3.58. The van der Waals surface area contributed by atoms with Crippen LogP contribution in [0.2, 0.25) is 0 Å². The summed E-state index contributed by atoms with van der Waals surface area (Å²) in [7, 11) is 6.11. The van der Waals surface area contributed by atoms with Crippen molar-refractivity contribution in [2.24, 2.45) is 0 Å². The van der Waals surface area contributed by atoms with Crippen LogP contribution in [0, 0.1) is 0 Å². The van der Waals surface area contributed by atoms with Crippen LogP contribution in [0.3, 0.4) is 0 Å². The quantitative estimate of drug-likeness (QED) is 0.268. The molecule has 0 atom stereocenters. The standard InChI is InChI=1S/C27H33N5O6/c1-6-7-8-9-32(14-24-28-18-12-22(37-4)20(35-2)10-16(18)26(33)30-24)15-25-29-19-13-23(38-5)21(36-3)11-17(19)27(34)31-25/h10-13H,6-9,14-15H2,1-5H3,(H,28,30,33)(H,29,31,34). The van der Waals surface area contributed by atoms with Crippen molar-refractivity contribution in [3.05, 3.63) is 56.6 Å². The topological polar surface area (TPSA) is 132 Å². The van der Waals surface area contributed by atoms with Gasteiger partial charge in [-0.25, -0.2) is 9.97 Å². The molecular weight excluding hydrogens is 490 g/mol. The van der Waals surface area contributed by atoms with Gasteiger partial charge in [-0.3, -0.25) is 14.5 Å². The number of aromatic amines is 2. The summed E-state index contributed by atoms with van der Waals surface area (Å²) in [6.07, 6.45) is 3.06. The Morgan fingerprint density at radius 1 is 0.684 bits per heavy atom. The Balaban J connectivity index is 1.67. The predicted octanol–water partition coefficient (Wildman–Crippen LogP) is 3.39. The van der Waals surface area contributed by atoms with Gasteiger partial charge in [0, 0.05) is 12.1 Å². The van der Waals surface area contributed by atoms with Crippen molar-refractivity contribution in [2.45, 2.75) is 39.3 Å². The highest BCUT2D eigenvalue weighted by atomic mass is 16.5. The van der Waals surface area contributed by atoms with Crippen molar-refractivity contribution in [1.29, 1.82) is 0 Å². The molecule has 2 aromatic heterocycles. The van der Waals surface area contributed by atoms with Crippen molar-refractivity contribution in [2.75, 3.05) is 35.0 Å². The molecule has 2 aromatic carbocycles. The molecular formula is C27H33N5O6. The Labute approximate surface area is 219 Å². The van der Waals surface area contributed by atoms with Gasteiger partial charge in [0.1, 0.15) is 11.6 Å². The van der Waals surface area contributed by atoms with Gasteiger partial charge in [0.15, 0.2) is 23.0 Å². The summed E-state index contributed by atoms with van der Waals surface area (Å²) in [5.74, 6) is 2.91. The molecule has 0 saturated carbocycles. The van der Waals surface area contributed by atoms with Gasteiger partial charge in [-0.05, 0) is 25.1 Å². The zero-order valence-electron chi connectivity index (χ0n) is 22.3. The number of methoxy groups -OCH3 is 4. The number of hydrogen-bond donors (Lipinski definition) is 2. The summed E-state index contributed by atoms with van der Waals surface area (Å²) < 4.78 is 21.4. The van der Waals surface area contributed by atoms with Crippen LogP contribution in [0.4, 0.5) is 0 Å². The van der Waals surface area contributed by atoms with E-state index in [2.05, 4.69) is 31.8 Å². The van der Waals surface area contributed by atoms with Crippen LogP contribution < -0.4 is 30.1 Å². The number of rotatable bonds is 12. The summed E-state index contributed by atoms with van der Waals surface area (Å²) in [6, 6.07) is 6.63. The van der Waals surface area contributed by atoms with E-state index < -0.39 is 0 Å². The molecule has 0 fully saturated rings. The molecule has 0 aliphatic heterocycles. The SMILES string of the molecule is CCCCCN(Cc1nc2cc(OC)c(OC)cc2c(=O)[nH]1)Cc1nc2cc(OC)c(OC)cc2c(=O)[nH]1. The molecule has 0 radical (unpaired) electrons. The lowest BCUT2D eigenvalue weighted by Gasteiger charge is -2.21. The maximum absolute atomic E-state index is 12.9. The fourth-order valence-electron chi connectivity index (χ4n) is 4.40. The van der Waals surface area contributed by atoms with Gasteiger partial charge in [-0.2, -0.15) is 0 Å². The number of H-pyrrole nitrogens is 2. The van der Waals surface area contributed by atoms with Gasteiger partial charge in [-0.15, -0.1) is 0 Å². The van der Waals surface area contributed by atoms with E-state index in [4.69, 9.17) is 18.9 Å². The van der Waals surface area contributed by atoms with Gasteiger partial charge < -0.3 is 28.9 Å². The molecule has 2 N–H and O–H groups in total. The Morgan fingerprint density at radius 3 is 1.50 bits per heavy atom. The van der Waals surface area contributed by atoms with E-state index in [0.717, 1.165) is 25.8 Å². The van der Waals surface area contributed by atoms with Crippen LogP contribution in [-0.4, -0.2) is 59.8 Å². The predicted molar refractivity (Wildman–Crippen MR) is 145 cm³/mol. The van der Waals surface area contributed by atoms with Crippen LogP contribution in [0.1, 0.15) is 37.8 Å². The summed E-state index contributed by atoms with van der Waals surface area (Å²) >= 11 is 0. The number of unbranched alkanes of at least 4 members (excludes halogenated alkanes) is 2. The number of hydrogen-bond acceptors (Lipinski definition) is 9. The lowest BCUT2D eigenvalue weighted by atomic mass is 10.2. The molecule has 4 aromatic rings. The molecule has 0 aliphatic carbocycles. The number of ether oxygens (including phenoxy) is 4. The summed E-state index contributed by atoms with van der Waals surface area (Å²) in [4.78, 5) is 43.0. The monoisotopic (exact) mass is 523 g/mol. The van der Waals surface area contributed by atoms with Gasteiger partial charge in [0.05, 0.1) is 63.3 Å². The minimum absolute atomic E-state index is 0.266. The third-order valence-corrected chi connectivity index (χ3v) is 6.34. The minimum Gasteiger partial charge on any atom is -0.493 e. The van der Waals surface area contributed by atoms with E-state index in [1.807, 2.05) is 0 Å². The fraction of sp³-hybridized carbons (Fsp3) is 0.407. The van der Waals surface area contributed by atoms with E-state index in [1.54, 1.807) is 24.3 Å². The van der Waals surface area contributed by atoms with Gasteiger partial charge in [0.25, 0.3) is 11.1 Å². The van der Waals surface area contributed by atoms with E-state index in [1.165, 1.54) is 28.4 Å². The largest absolute Gasteiger partial charge is 0.493 e. The fourth-order valence-corrected chi connectivity index (χ4v) is 4.40.